The van der Waals surface area contributed by atoms with Gasteiger partial charge in [-0.05, 0) is 37.8 Å². The summed E-state index contributed by atoms with van der Waals surface area (Å²) in [5.74, 6) is 0.0996. The monoisotopic (exact) mass is 272 g/mol. The molecular weight excluding hydrogens is 252 g/mol. The minimum absolute atomic E-state index is 0.0996. The molecule has 0 unspecified atom stereocenters. The highest BCUT2D eigenvalue weighted by Gasteiger charge is 2.11. The number of hydrogen-bond acceptors (Lipinski definition) is 2. The molecule has 1 heterocycles. The van der Waals surface area contributed by atoms with Gasteiger partial charge in [-0.1, -0.05) is 18.2 Å². The molecule has 0 aliphatic rings. The lowest BCUT2D eigenvalue weighted by Crippen LogP contribution is -2.31. The molecule has 0 atom stereocenters. The molecule has 0 saturated carbocycles. The summed E-state index contributed by atoms with van der Waals surface area (Å²) in [6, 6.07) is 9.54. The van der Waals surface area contributed by atoms with E-state index in [9.17, 15) is 9.59 Å². The van der Waals surface area contributed by atoms with Crippen LogP contribution < -0.4 is 5.56 Å². The number of carbonyl (C=O) groups excluding carboxylic acids is 1. The molecule has 0 saturated heterocycles. The highest BCUT2D eigenvalue weighted by Crippen LogP contribution is 2.11. The molecular formula is C16H20N2O2. The molecule has 2 rings (SSSR count). The Kier molecular flexibility index (Phi) is 4.56. The zero-order chi connectivity index (χ0) is 14.5. The predicted octanol–water partition coefficient (Wildman–Crippen LogP) is 2.33. The number of H-pyrrole nitrogens is 1. The fourth-order valence-corrected chi connectivity index (χ4v) is 2.35. The van der Waals surface area contributed by atoms with Crippen molar-refractivity contribution in [2.75, 3.05) is 13.1 Å². The van der Waals surface area contributed by atoms with Gasteiger partial charge >= 0.3 is 0 Å². The summed E-state index contributed by atoms with van der Waals surface area (Å²) in [5.41, 5.74) is 1.40. The Labute approximate surface area is 118 Å². The summed E-state index contributed by atoms with van der Waals surface area (Å²) < 4.78 is 0. The van der Waals surface area contributed by atoms with Crippen LogP contribution in [0.2, 0.25) is 0 Å². The first-order valence-corrected chi connectivity index (χ1v) is 7.04. The summed E-state index contributed by atoms with van der Waals surface area (Å²) in [4.78, 5) is 28.6. The molecule has 1 aromatic heterocycles. The van der Waals surface area contributed by atoms with Gasteiger partial charge in [-0.25, -0.2) is 0 Å². The van der Waals surface area contributed by atoms with Gasteiger partial charge in [0.2, 0.25) is 5.91 Å². The van der Waals surface area contributed by atoms with Crippen molar-refractivity contribution < 1.29 is 4.79 Å². The third-order valence-electron chi connectivity index (χ3n) is 3.55. The topological polar surface area (TPSA) is 53.2 Å². The predicted molar refractivity (Wildman–Crippen MR) is 80.8 cm³/mol. The Morgan fingerprint density at radius 1 is 1.20 bits per heavy atom. The minimum Gasteiger partial charge on any atom is -0.343 e. The van der Waals surface area contributed by atoms with E-state index in [2.05, 4.69) is 4.98 Å². The molecule has 0 radical (unpaired) electrons. The van der Waals surface area contributed by atoms with E-state index in [-0.39, 0.29) is 11.5 Å². The Hall–Kier alpha value is -2.10. The number of amides is 1. The van der Waals surface area contributed by atoms with Gasteiger partial charge in [-0.15, -0.1) is 0 Å². The van der Waals surface area contributed by atoms with Crippen molar-refractivity contribution in [1.29, 1.82) is 0 Å². The van der Waals surface area contributed by atoms with Gasteiger partial charge in [0.05, 0.1) is 0 Å². The van der Waals surface area contributed by atoms with Crippen molar-refractivity contribution in [3.8, 4) is 0 Å². The van der Waals surface area contributed by atoms with Crippen LogP contribution >= 0.6 is 0 Å². The molecule has 0 aliphatic heterocycles. The number of benzene rings is 1. The Morgan fingerprint density at radius 2 is 1.90 bits per heavy atom. The highest BCUT2D eigenvalue weighted by molar-refractivity contribution is 5.79. The number of carbonyl (C=O) groups is 1. The molecule has 1 amide bonds. The van der Waals surface area contributed by atoms with Gasteiger partial charge in [0.1, 0.15) is 0 Å². The second-order valence-corrected chi connectivity index (χ2v) is 4.78. The standard InChI is InChI=1S/C16H20N2O2/c1-3-18(4-2)15(19)10-9-13-11-12-7-5-6-8-14(12)17-16(13)20/h5-8,11H,3-4,9-10H2,1-2H3,(H,17,20). The Balaban J connectivity index is 2.16. The van der Waals surface area contributed by atoms with Crippen molar-refractivity contribution in [3.05, 3.63) is 46.2 Å². The summed E-state index contributed by atoms with van der Waals surface area (Å²) in [5, 5.41) is 0.998. The summed E-state index contributed by atoms with van der Waals surface area (Å²) in [6.45, 7) is 5.35. The fraction of sp³-hybridized carbons (Fsp3) is 0.375. The molecule has 0 bridgehead atoms. The van der Waals surface area contributed by atoms with Crippen LogP contribution in [0.4, 0.5) is 0 Å². The number of nitrogens with one attached hydrogen (secondary N) is 1. The van der Waals surface area contributed by atoms with Crippen LogP contribution in [-0.4, -0.2) is 28.9 Å². The molecule has 4 nitrogen and oxygen atoms in total. The lowest BCUT2D eigenvalue weighted by Gasteiger charge is -2.18. The van der Waals surface area contributed by atoms with Gasteiger partial charge in [-0.3, -0.25) is 9.59 Å². The van der Waals surface area contributed by atoms with Crippen LogP contribution in [0.5, 0.6) is 0 Å². The second-order valence-electron chi connectivity index (χ2n) is 4.78. The highest BCUT2D eigenvalue weighted by atomic mass is 16.2. The molecule has 4 heteroatoms. The molecule has 1 aromatic carbocycles. The number of fused-ring (bicyclic) bond motifs is 1. The normalized spacial score (nSPS) is 10.7. The molecule has 0 fully saturated rings. The number of nitrogens with zero attached hydrogens (tertiary/aromatic N) is 1. The zero-order valence-corrected chi connectivity index (χ0v) is 12.0. The molecule has 0 spiro atoms. The first kappa shape index (κ1) is 14.3. The lowest BCUT2D eigenvalue weighted by molar-refractivity contribution is -0.130. The molecule has 1 N–H and O–H groups in total. The van der Waals surface area contributed by atoms with E-state index in [4.69, 9.17) is 0 Å². The van der Waals surface area contributed by atoms with Crippen LogP contribution in [0.3, 0.4) is 0 Å². The first-order valence-electron chi connectivity index (χ1n) is 7.04. The number of hydrogen-bond donors (Lipinski definition) is 1. The van der Waals surface area contributed by atoms with Gasteiger partial charge in [0.25, 0.3) is 5.56 Å². The maximum absolute atomic E-state index is 12.0. The quantitative estimate of drug-likeness (QED) is 0.908. The van der Waals surface area contributed by atoms with Crippen molar-refractivity contribution in [2.24, 2.45) is 0 Å². The summed E-state index contributed by atoms with van der Waals surface area (Å²) in [7, 11) is 0. The Morgan fingerprint density at radius 3 is 2.60 bits per heavy atom. The van der Waals surface area contributed by atoms with Crippen LogP contribution in [0.25, 0.3) is 10.9 Å². The van der Waals surface area contributed by atoms with Crippen LogP contribution in [0.15, 0.2) is 35.1 Å². The number of aromatic amines is 1. The Bertz CT molecular complexity index is 657. The van der Waals surface area contributed by atoms with E-state index in [1.807, 2.05) is 44.2 Å². The van der Waals surface area contributed by atoms with Crippen LogP contribution in [0.1, 0.15) is 25.8 Å². The summed E-state index contributed by atoms with van der Waals surface area (Å²) in [6.07, 6.45) is 0.860. The van der Waals surface area contributed by atoms with Crippen LogP contribution in [-0.2, 0) is 11.2 Å². The molecule has 106 valence electrons. The van der Waals surface area contributed by atoms with E-state index in [0.29, 0.717) is 31.5 Å². The van der Waals surface area contributed by atoms with Crippen molar-refractivity contribution in [3.63, 3.8) is 0 Å². The van der Waals surface area contributed by atoms with E-state index in [1.165, 1.54) is 0 Å². The van der Waals surface area contributed by atoms with Crippen molar-refractivity contribution >= 4 is 16.8 Å². The molecule has 0 aliphatic carbocycles. The number of pyridine rings is 1. The van der Waals surface area contributed by atoms with Gasteiger partial charge < -0.3 is 9.88 Å². The molecule has 2 aromatic rings. The number of aryl methyl sites for hydroxylation is 1. The van der Waals surface area contributed by atoms with E-state index < -0.39 is 0 Å². The van der Waals surface area contributed by atoms with E-state index in [0.717, 1.165) is 10.9 Å². The SMILES string of the molecule is CCN(CC)C(=O)CCc1cc2ccccc2[nH]c1=O. The average Bonchev–Trinajstić information content (AvgIpc) is 2.46. The number of para-hydroxylation sites is 1. The summed E-state index contributed by atoms with van der Waals surface area (Å²) >= 11 is 0. The van der Waals surface area contributed by atoms with E-state index >= 15 is 0 Å². The van der Waals surface area contributed by atoms with Crippen LogP contribution in [0, 0.1) is 0 Å². The second kappa shape index (κ2) is 6.37. The third kappa shape index (κ3) is 3.07. The first-order chi connectivity index (χ1) is 9.65. The van der Waals surface area contributed by atoms with Crippen molar-refractivity contribution in [2.45, 2.75) is 26.7 Å². The smallest absolute Gasteiger partial charge is 0.251 e. The third-order valence-corrected chi connectivity index (χ3v) is 3.55. The zero-order valence-electron chi connectivity index (χ0n) is 12.0. The molecule has 20 heavy (non-hydrogen) atoms. The average molecular weight is 272 g/mol. The van der Waals surface area contributed by atoms with Gasteiger partial charge in [0.15, 0.2) is 0 Å². The maximum atomic E-state index is 12.0. The lowest BCUT2D eigenvalue weighted by atomic mass is 10.1. The van der Waals surface area contributed by atoms with Gasteiger partial charge in [-0.2, -0.15) is 0 Å². The largest absolute Gasteiger partial charge is 0.343 e. The fourth-order valence-electron chi connectivity index (χ4n) is 2.35. The minimum atomic E-state index is -0.101. The number of aromatic nitrogens is 1. The van der Waals surface area contributed by atoms with E-state index in [1.54, 1.807) is 4.90 Å². The maximum Gasteiger partial charge on any atom is 0.251 e. The number of rotatable bonds is 5. The van der Waals surface area contributed by atoms with Crippen molar-refractivity contribution in [1.82, 2.24) is 9.88 Å². The van der Waals surface area contributed by atoms with Gasteiger partial charge in [0, 0.05) is 30.6 Å².